The summed E-state index contributed by atoms with van der Waals surface area (Å²) in [5.41, 5.74) is 5.29. The minimum atomic E-state index is -0.612. The Hall–Kier alpha value is -3.11. The molecule has 1 atom stereocenters. The van der Waals surface area contributed by atoms with Gasteiger partial charge in [0, 0.05) is 24.0 Å². The van der Waals surface area contributed by atoms with E-state index in [0.717, 1.165) is 47.9 Å². The average Bonchev–Trinajstić information content (AvgIpc) is 2.90. The summed E-state index contributed by atoms with van der Waals surface area (Å²) in [6.45, 7) is 4.47. The van der Waals surface area contributed by atoms with Crippen LogP contribution >= 0.6 is 11.6 Å². The Balaban J connectivity index is 1.65. The Bertz CT molecular complexity index is 1190. The fourth-order valence-electron chi connectivity index (χ4n) is 5.07. The van der Waals surface area contributed by atoms with E-state index in [4.69, 9.17) is 11.6 Å². The number of benzene rings is 3. The van der Waals surface area contributed by atoms with Gasteiger partial charge in [-0.15, -0.1) is 0 Å². The molecule has 0 saturated heterocycles. The zero-order valence-corrected chi connectivity index (χ0v) is 22.6. The van der Waals surface area contributed by atoms with Crippen LogP contribution in [0.15, 0.2) is 72.8 Å². The Morgan fingerprint density at radius 1 is 0.865 bits per heavy atom. The molecule has 1 saturated carbocycles. The van der Waals surface area contributed by atoms with Gasteiger partial charge >= 0.3 is 0 Å². The third kappa shape index (κ3) is 7.69. The molecule has 0 bridgehead atoms. The number of hydrogen-bond acceptors (Lipinski definition) is 2. The molecule has 1 N–H and O–H groups in total. The van der Waals surface area contributed by atoms with Crippen molar-refractivity contribution in [2.75, 3.05) is 0 Å². The maximum atomic E-state index is 13.9. The van der Waals surface area contributed by atoms with E-state index in [9.17, 15) is 9.59 Å². The van der Waals surface area contributed by atoms with Crippen LogP contribution in [0.3, 0.4) is 0 Å². The molecule has 3 aromatic carbocycles. The van der Waals surface area contributed by atoms with Crippen molar-refractivity contribution in [3.63, 3.8) is 0 Å². The highest BCUT2D eigenvalue weighted by Crippen LogP contribution is 2.21. The largest absolute Gasteiger partial charge is 0.352 e. The van der Waals surface area contributed by atoms with Gasteiger partial charge in [-0.3, -0.25) is 9.59 Å². The van der Waals surface area contributed by atoms with Crippen molar-refractivity contribution >= 4 is 23.4 Å². The lowest BCUT2D eigenvalue weighted by Crippen LogP contribution is -2.53. The summed E-state index contributed by atoms with van der Waals surface area (Å²) in [5, 5.41) is 3.94. The van der Waals surface area contributed by atoms with Crippen molar-refractivity contribution in [1.29, 1.82) is 0 Å². The normalized spacial score (nSPS) is 14.7. The minimum Gasteiger partial charge on any atom is -0.352 e. The van der Waals surface area contributed by atoms with Gasteiger partial charge in [-0.2, -0.15) is 0 Å². The van der Waals surface area contributed by atoms with E-state index in [-0.39, 0.29) is 24.3 Å². The van der Waals surface area contributed by atoms with Gasteiger partial charge in [0.05, 0.1) is 6.42 Å². The summed E-state index contributed by atoms with van der Waals surface area (Å²) in [6, 6.07) is 23.2. The van der Waals surface area contributed by atoms with E-state index < -0.39 is 6.04 Å². The van der Waals surface area contributed by atoms with Gasteiger partial charge in [-0.25, -0.2) is 0 Å². The van der Waals surface area contributed by atoms with Gasteiger partial charge in [-0.05, 0) is 66.6 Å². The SMILES string of the molecule is Cc1ccc(CC(=O)N(Cc2ccc(Cl)cc2)[C@H](Cc2ccccc2)C(=O)NC2CCCCC2)cc1C. The van der Waals surface area contributed by atoms with Crippen LogP contribution in [0.4, 0.5) is 0 Å². The van der Waals surface area contributed by atoms with Gasteiger partial charge in [0.2, 0.25) is 11.8 Å². The van der Waals surface area contributed by atoms with E-state index in [1.165, 1.54) is 12.0 Å². The summed E-state index contributed by atoms with van der Waals surface area (Å²) in [5.74, 6) is -0.129. The van der Waals surface area contributed by atoms with Crippen molar-refractivity contribution in [2.24, 2.45) is 0 Å². The molecular weight excluding hydrogens is 480 g/mol. The molecule has 0 heterocycles. The molecule has 0 aliphatic heterocycles. The number of aryl methyl sites for hydroxylation is 2. The summed E-state index contributed by atoms with van der Waals surface area (Å²) in [4.78, 5) is 29.5. The lowest BCUT2D eigenvalue weighted by molar-refractivity contribution is -0.141. The molecule has 4 rings (SSSR count). The number of rotatable bonds is 9. The average molecular weight is 517 g/mol. The quantitative estimate of drug-likeness (QED) is 0.349. The molecule has 2 amide bonds. The first kappa shape index (κ1) is 26.9. The van der Waals surface area contributed by atoms with Crippen LogP contribution in [-0.2, 0) is 29.0 Å². The molecule has 0 unspecified atom stereocenters. The third-order valence-electron chi connectivity index (χ3n) is 7.42. The number of carbonyl (C=O) groups is 2. The molecule has 37 heavy (non-hydrogen) atoms. The van der Waals surface area contributed by atoms with E-state index in [2.05, 4.69) is 31.3 Å². The van der Waals surface area contributed by atoms with Crippen LogP contribution < -0.4 is 5.32 Å². The lowest BCUT2D eigenvalue weighted by atomic mass is 9.94. The summed E-state index contributed by atoms with van der Waals surface area (Å²) in [7, 11) is 0. The number of nitrogens with one attached hydrogen (secondary N) is 1. The first-order chi connectivity index (χ1) is 17.9. The fourth-order valence-corrected chi connectivity index (χ4v) is 5.20. The molecule has 5 heteroatoms. The number of hydrogen-bond donors (Lipinski definition) is 1. The maximum absolute atomic E-state index is 13.9. The van der Waals surface area contributed by atoms with Crippen molar-refractivity contribution in [2.45, 2.75) is 77.4 Å². The van der Waals surface area contributed by atoms with Crippen molar-refractivity contribution in [3.05, 3.63) is 106 Å². The zero-order valence-electron chi connectivity index (χ0n) is 21.9. The first-order valence-corrected chi connectivity index (χ1v) is 13.7. The van der Waals surface area contributed by atoms with E-state index >= 15 is 0 Å². The monoisotopic (exact) mass is 516 g/mol. The standard InChI is InChI=1S/C32H37ClN2O2/c1-23-13-14-27(19-24(23)2)21-31(36)35(22-26-15-17-28(33)18-16-26)30(20-25-9-5-3-6-10-25)32(37)34-29-11-7-4-8-12-29/h3,5-6,9-10,13-19,29-30H,4,7-8,11-12,20-22H2,1-2H3,(H,34,37)/t30-/m1/s1. The second kappa shape index (κ2) is 12.9. The fraction of sp³-hybridized carbons (Fsp3) is 0.375. The molecule has 194 valence electrons. The third-order valence-corrected chi connectivity index (χ3v) is 7.67. The summed E-state index contributed by atoms with van der Waals surface area (Å²) in [6.07, 6.45) is 6.19. The highest BCUT2D eigenvalue weighted by molar-refractivity contribution is 6.30. The molecular formula is C32H37ClN2O2. The van der Waals surface area contributed by atoms with Gasteiger partial charge in [-0.1, -0.05) is 91.5 Å². The number of nitrogens with zero attached hydrogens (tertiary/aromatic N) is 1. The number of carbonyl (C=O) groups excluding carboxylic acids is 2. The van der Waals surface area contributed by atoms with Crippen molar-refractivity contribution in [1.82, 2.24) is 10.2 Å². The number of amides is 2. The second-order valence-electron chi connectivity index (χ2n) is 10.3. The van der Waals surface area contributed by atoms with Crippen molar-refractivity contribution < 1.29 is 9.59 Å². The van der Waals surface area contributed by atoms with Gasteiger partial charge < -0.3 is 10.2 Å². The van der Waals surface area contributed by atoms with Crippen LogP contribution in [-0.4, -0.2) is 28.8 Å². The predicted octanol–water partition coefficient (Wildman–Crippen LogP) is 6.59. The highest BCUT2D eigenvalue weighted by Gasteiger charge is 2.32. The highest BCUT2D eigenvalue weighted by atomic mass is 35.5. The lowest BCUT2D eigenvalue weighted by Gasteiger charge is -2.33. The van der Waals surface area contributed by atoms with Gasteiger partial charge in [0.25, 0.3) is 0 Å². The molecule has 1 aliphatic carbocycles. The zero-order chi connectivity index (χ0) is 26.2. The Morgan fingerprint density at radius 3 is 2.22 bits per heavy atom. The molecule has 1 fully saturated rings. The van der Waals surface area contributed by atoms with Crippen LogP contribution in [0.5, 0.6) is 0 Å². The van der Waals surface area contributed by atoms with E-state index in [1.54, 1.807) is 4.90 Å². The molecule has 0 spiro atoms. The summed E-state index contributed by atoms with van der Waals surface area (Å²) < 4.78 is 0. The Labute approximate surface area is 226 Å². The molecule has 4 nitrogen and oxygen atoms in total. The van der Waals surface area contributed by atoms with Crippen LogP contribution in [0, 0.1) is 13.8 Å². The molecule has 3 aromatic rings. The first-order valence-electron chi connectivity index (χ1n) is 13.3. The van der Waals surface area contributed by atoms with E-state index in [1.807, 2.05) is 60.7 Å². The topological polar surface area (TPSA) is 49.4 Å². The van der Waals surface area contributed by atoms with Crippen LogP contribution in [0.25, 0.3) is 0 Å². The Morgan fingerprint density at radius 2 is 1.54 bits per heavy atom. The van der Waals surface area contributed by atoms with Crippen LogP contribution in [0.1, 0.15) is 59.9 Å². The van der Waals surface area contributed by atoms with Crippen LogP contribution in [0.2, 0.25) is 5.02 Å². The molecule has 0 aromatic heterocycles. The minimum absolute atomic E-state index is 0.0575. The van der Waals surface area contributed by atoms with Gasteiger partial charge in [0.15, 0.2) is 0 Å². The molecule has 0 radical (unpaired) electrons. The molecule has 1 aliphatic rings. The predicted molar refractivity (Wildman–Crippen MR) is 151 cm³/mol. The van der Waals surface area contributed by atoms with E-state index in [0.29, 0.717) is 18.0 Å². The van der Waals surface area contributed by atoms with Crippen molar-refractivity contribution in [3.8, 4) is 0 Å². The second-order valence-corrected chi connectivity index (χ2v) is 10.7. The van der Waals surface area contributed by atoms with Gasteiger partial charge in [0.1, 0.15) is 6.04 Å². The Kier molecular flexibility index (Phi) is 9.40. The maximum Gasteiger partial charge on any atom is 0.243 e. The number of halogens is 1. The smallest absolute Gasteiger partial charge is 0.243 e. The summed E-state index contributed by atoms with van der Waals surface area (Å²) >= 11 is 6.13.